The first-order valence-corrected chi connectivity index (χ1v) is 10.6. The predicted molar refractivity (Wildman–Crippen MR) is 128 cm³/mol. The van der Waals surface area contributed by atoms with Crippen LogP contribution in [0.2, 0.25) is 5.02 Å². The molecule has 1 aromatic heterocycles. The summed E-state index contributed by atoms with van der Waals surface area (Å²) in [6.45, 7) is 4.66. The molecule has 0 spiro atoms. The second-order valence-corrected chi connectivity index (χ2v) is 8.08. The van der Waals surface area contributed by atoms with Gasteiger partial charge in [-0.25, -0.2) is 4.98 Å². The van der Waals surface area contributed by atoms with E-state index < -0.39 is 0 Å². The van der Waals surface area contributed by atoms with E-state index in [1.807, 2.05) is 60.7 Å². The SMILES string of the molecule is Cc1ccc(Nc2cc(C(=O)NCCc3ccc(Cl)cc3)c3ccccc3n2)c(C)c1. The molecule has 0 aliphatic rings. The first-order chi connectivity index (χ1) is 15.0. The Morgan fingerprint density at radius 2 is 1.74 bits per heavy atom. The Kier molecular flexibility index (Phi) is 6.19. The normalized spacial score (nSPS) is 10.8. The van der Waals surface area contributed by atoms with Crippen molar-refractivity contribution in [1.82, 2.24) is 10.3 Å². The largest absolute Gasteiger partial charge is 0.352 e. The lowest BCUT2D eigenvalue weighted by Crippen LogP contribution is -2.26. The Morgan fingerprint density at radius 1 is 0.968 bits per heavy atom. The highest BCUT2D eigenvalue weighted by atomic mass is 35.5. The van der Waals surface area contributed by atoms with Crippen LogP contribution in [0.25, 0.3) is 10.9 Å². The number of benzene rings is 3. The van der Waals surface area contributed by atoms with Gasteiger partial charge in [-0.2, -0.15) is 0 Å². The number of carbonyl (C=O) groups excluding carboxylic acids is 1. The summed E-state index contributed by atoms with van der Waals surface area (Å²) in [6.07, 6.45) is 0.736. The van der Waals surface area contributed by atoms with E-state index in [1.165, 1.54) is 5.56 Å². The third kappa shape index (κ3) is 5.04. The predicted octanol–water partition coefficient (Wildman–Crippen LogP) is 6.22. The van der Waals surface area contributed by atoms with Gasteiger partial charge in [0, 0.05) is 22.6 Å². The van der Waals surface area contributed by atoms with Gasteiger partial charge in [-0.3, -0.25) is 4.79 Å². The van der Waals surface area contributed by atoms with Crippen LogP contribution in [0.1, 0.15) is 27.0 Å². The molecule has 0 saturated heterocycles. The molecule has 156 valence electrons. The monoisotopic (exact) mass is 429 g/mol. The van der Waals surface area contributed by atoms with Crippen molar-refractivity contribution < 1.29 is 4.79 Å². The molecule has 0 atom stereocenters. The number of aromatic nitrogens is 1. The number of fused-ring (bicyclic) bond motifs is 1. The number of hydrogen-bond acceptors (Lipinski definition) is 3. The molecule has 0 bridgehead atoms. The fourth-order valence-corrected chi connectivity index (χ4v) is 3.71. The zero-order valence-electron chi connectivity index (χ0n) is 17.6. The van der Waals surface area contributed by atoms with Crippen molar-refractivity contribution in [2.75, 3.05) is 11.9 Å². The minimum atomic E-state index is -0.115. The second kappa shape index (κ2) is 9.19. The second-order valence-electron chi connectivity index (χ2n) is 7.65. The van der Waals surface area contributed by atoms with Gasteiger partial charge in [0.15, 0.2) is 0 Å². The molecule has 4 aromatic rings. The zero-order valence-corrected chi connectivity index (χ0v) is 18.3. The highest BCUT2D eigenvalue weighted by Crippen LogP contribution is 2.25. The Hall–Kier alpha value is -3.37. The highest BCUT2D eigenvalue weighted by molar-refractivity contribution is 6.30. The van der Waals surface area contributed by atoms with Crippen molar-refractivity contribution in [3.63, 3.8) is 0 Å². The van der Waals surface area contributed by atoms with Crippen LogP contribution in [0.3, 0.4) is 0 Å². The van der Waals surface area contributed by atoms with Gasteiger partial charge in [0.2, 0.25) is 0 Å². The molecule has 0 aliphatic heterocycles. The van der Waals surface area contributed by atoms with Crippen molar-refractivity contribution in [2.45, 2.75) is 20.3 Å². The molecule has 4 nitrogen and oxygen atoms in total. The van der Waals surface area contributed by atoms with Crippen LogP contribution < -0.4 is 10.6 Å². The summed E-state index contributed by atoms with van der Waals surface area (Å²) in [5, 5.41) is 7.95. The smallest absolute Gasteiger partial charge is 0.252 e. The fraction of sp³-hybridized carbons (Fsp3) is 0.154. The topological polar surface area (TPSA) is 54.0 Å². The molecule has 5 heteroatoms. The third-order valence-corrected chi connectivity index (χ3v) is 5.47. The van der Waals surface area contributed by atoms with Gasteiger partial charge in [-0.05, 0) is 61.7 Å². The first kappa shape index (κ1) is 20.9. The molecule has 0 unspecified atom stereocenters. The number of amides is 1. The molecule has 0 fully saturated rings. The maximum absolute atomic E-state index is 13.0. The summed E-state index contributed by atoms with van der Waals surface area (Å²) < 4.78 is 0. The quantitative estimate of drug-likeness (QED) is 0.382. The van der Waals surface area contributed by atoms with E-state index in [0.717, 1.165) is 34.1 Å². The zero-order chi connectivity index (χ0) is 21.8. The minimum Gasteiger partial charge on any atom is -0.352 e. The Bertz CT molecular complexity index is 1240. The number of hydrogen-bond donors (Lipinski definition) is 2. The molecule has 3 aromatic carbocycles. The molecule has 4 rings (SSSR count). The van der Waals surface area contributed by atoms with Gasteiger partial charge >= 0.3 is 0 Å². The van der Waals surface area contributed by atoms with E-state index in [0.29, 0.717) is 22.9 Å². The van der Waals surface area contributed by atoms with Crippen LogP contribution in [-0.4, -0.2) is 17.4 Å². The number of nitrogens with one attached hydrogen (secondary N) is 2. The Balaban J connectivity index is 1.56. The van der Waals surface area contributed by atoms with E-state index >= 15 is 0 Å². The number of para-hydroxylation sites is 1. The summed E-state index contributed by atoms with van der Waals surface area (Å²) >= 11 is 5.94. The van der Waals surface area contributed by atoms with E-state index in [-0.39, 0.29) is 5.91 Å². The summed E-state index contributed by atoms with van der Waals surface area (Å²) in [7, 11) is 0. The van der Waals surface area contributed by atoms with E-state index in [9.17, 15) is 4.79 Å². The van der Waals surface area contributed by atoms with Crippen molar-refractivity contribution in [3.8, 4) is 0 Å². The van der Waals surface area contributed by atoms with Gasteiger partial charge in [-0.15, -0.1) is 0 Å². The minimum absolute atomic E-state index is 0.115. The first-order valence-electron chi connectivity index (χ1n) is 10.3. The average molecular weight is 430 g/mol. The van der Waals surface area contributed by atoms with Gasteiger partial charge in [-0.1, -0.05) is 59.6 Å². The molecule has 0 radical (unpaired) electrons. The van der Waals surface area contributed by atoms with Crippen LogP contribution in [0.4, 0.5) is 11.5 Å². The van der Waals surface area contributed by atoms with Gasteiger partial charge in [0.05, 0.1) is 11.1 Å². The van der Waals surface area contributed by atoms with Crippen LogP contribution in [0, 0.1) is 13.8 Å². The standard InChI is InChI=1S/C26H24ClN3O/c1-17-7-12-23(18(2)15-17)29-25-16-22(21-5-3-4-6-24(21)30-25)26(31)28-14-13-19-8-10-20(27)11-9-19/h3-12,15-16H,13-14H2,1-2H3,(H,28,31)(H,29,30). The van der Waals surface area contributed by atoms with Crippen LogP contribution in [-0.2, 0) is 6.42 Å². The number of carbonyl (C=O) groups is 1. The van der Waals surface area contributed by atoms with Gasteiger partial charge < -0.3 is 10.6 Å². The number of halogens is 1. The lowest BCUT2D eigenvalue weighted by molar-refractivity contribution is 0.0956. The number of pyridine rings is 1. The molecule has 31 heavy (non-hydrogen) atoms. The van der Waals surface area contributed by atoms with Crippen molar-refractivity contribution in [1.29, 1.82) is 0 Å². The van der Waals surface area contributed by atoms with Gasteiger partial charge in [0.1, 0.15) is 5.82 Å². The summed E-state index contributed by atoms with van der Waals surface area (Å²) in [5.41, 5.74) is 5.82. The summed E-state index contributed by atoms with van der Waals surface area (Å²) in [5.74, 6) is 0.532. The molecule has 0 saturated carbocycles. The molecule has 1 amide bonds. The maximum atomic E-state index is 13.0. The van der Waals surface area contributed by atoms with Crippen LogP contribution in [0.5, 0.6) is 0 Å². The molecular formula is C26H24ClN3O. The lowest BCUT2D eigenvalue weighted by atomic mass is 10.1. The molecule has 0 aliphatic carbocycles. The van der Waals surface area contributed by atoms with Crippen molar-refractivity contribution in [2.24, 2.45) is 0 Å². The maximum Gasteiger partial charge on any atom is 0.252 e. The molecule has 2 N–H and O–H groups in total. The Labute approximate surface area is 187 Å². The summed E-state index contributed by atoms with van der Waals surface area (Å²) in [6, 6.07) is 23.4. The van der Waals surface area contributed by atoms with E-state index in [4.69, 9.17) is 16.6 Å². The highest BCUT2D eigenvalue weighted by Gasteiger charge is 2.13. The van der Waals surface area contributed by atoms with Gasteiger partial charge in [0.25, 0.3) is 5.91 Å². The van der Waals surface area contributed by atoms with E-state index in [1.54, 1.807) is 0 Å². The number of rotatable bonds is 6. The average Bonchev–Trinajstić information content (AvgIpc) is 2.76. The van der Waals surface area contributed by atoms with E-state index in [2.05, 4.69) is 36.6 Å². The van der Waals surface area contributed by atoms with Crippen LogP contribution in [0.15, 0.2) is 72.8 Å². The fourth-order valence-electron chi connectivity index (χ4n) is 3.59. The number of aryl methyl sites for hydroxylation is 2. The third-order valence-electron chi connectivity index (χ3n) is 5.22. The number of nitrogens with zero attached hydrogens (tertiary/aromatic N) is 1. The number of anilines is 2. The summed E-state index contributed by atoms with van der Waals surface area (Å²) in [4.78, 5) is 17.7. The van der Waals surface area contributed by atoms with Crippen LogP contribution >= 0.6 is 11.6 Å². The Morgan fingerprint density at radius 3 is 2.52 bits per heavy atom. The molecular weight excluding hydrogens is 406 g/mol. The van der Waals surface area contributed by atoms with Crippen molar-refractivity contribution in [3.05, 3.63) is 100 Å². The molecule has 1 heterocycles. The van der Waals surface area contributed by atoms with Crippen molar-refractivity contribution >= 4 is 39.9 Å². The lowest BCUT2D eigenvalue weighted by Gasteiger charge is -2.13.